The van der Waals surface area contributed by atoms with Gasteiger partial charge in [0.15, 0.2) is 0 Å². The summed E-state index contributed by atoms with van der Waals surface area (Å²) in [5.41, 5.74) is 2.25. The van der Waals surface area contributed by atoms with Crippen LogP contribution in [0.5, 0.6) is 5.75 Å². The number of piperazine rings is 1. The lowest BCUT2D eigenvalue weighted by Gasteiger charge is -2.42. The van der Waals surface area contributed by atoms with E-state index >= 15 is 0 Å². The standard InChI is InChI=1S/C19H28N4O3/c1-14-13-16-17(3-4-18(23(24)25)19(16)26-14)22-7-5-15(6-8-22)21-11-9-20(2)10-12-21/h3-4,14-15H,5-13H2,1-2H3. The second-order valence-corrected chi connectivity index (χ2v) is 7.86. The first-order valence-electron chi connectivity index (χ1n) is 9.67. The Morgan fingerprint density at radius 3 is 2.46 bits per heavy atom. The summed E-state index contributed by atoms with van der Waals surface area (Å²) in [5, 5.41) is 11.3. The minimum absolute atomic E-state index is 0.00716. The molecule has 1 aromatic carbocycles. The van der Waals surface area contributed by atoms with Crippen LogP contribution in [0.15, 0.2) is 12.1 Å². The molecule has 7 heteroatoms. The number of nitro benzene ring substituents is 1. The van der Waals surface area contributed by atoms with Crippen molar-refractivity contribution in [3.05, 3.63) is 27.8 Å². The summed E-state index contributed by atoms with van der Waals surface area (Å²) in [6.45, 7) is 8.65. The van der Waals surface area contributed by atoms with Gasteiger partial charge in [-0.05, 0) is 32.9 Å². The number of rotatable bonds is 3. The van der Waals surface area contributed by atoms with E-state index in [0.717, 1.165) is 56.7 Å². The van der Waals surface area contributed by atoms with Crippen LogP contribution < -0.4 is 9.64 Å². The van der Waals surface area contributed by atoms with Crippen molar-refractivity contribution in [2.75, 3.05) is 51.2 Å². The average Bonchev–Trinajstić information content (AvgIpc) is 3.02. The number of hydrogen-bond acceptors (Lipinski definition) is 6. The Hall–Kier alpha value is -1.86. The van der Waals surface area contributed by atoms with Crippen molar-refractivity contribution in [3.63, 3.8) is 0 Å². The fourth-order valence-electron chi connectivity index (χ4n) is 4.56. The van der Waals surface area contributed by atoms with Crippen molar-refractivity contribution in [2.45, 2.75) is 38.3 Å². The molecule has 0 aliphatic carbocycles. The predicted octanol–water partition coefficient (Wildman–Crippen LogP) is 2.13. The zero-order valence-corrected chi connectivity index (χ0v) is 15.7. The highest BCUT2D eigenvalue weighted by Crippen LogP contribution is 2.43. The first kappa shape index (κ1) is 17.5. The average molecular weight is 360 g/mol. The number of ether oxygens (including phenoxy) is 1. The van der Waals surface area contributed by atoms with E-state index in [1.54, 1.807) is 6.07 Å². The third-order valence-electron chi connectivity index (χ3n) is 6.08. The summed E-state index contributed by atoms with van der Waals surface area (Å²) in [6, 6.07) is 4.20. The van der Waals surface area contributed by atoms with Crippen molar-refractivity contribution in [2.24, 2.45) is 0 Å². The molecule has 0 aromatic heterocycles. The van der Waals surface area contributed by atoms with Crippen LogP contribution in [0, 0.1) is 10.1 Å². The van der Waals surface area contributed by atoms with Crippen LogP contribution in [0.2, 0.25) is 0 Å². The Morgan fingerprint density at radius 1 is 1.12 bits per heavy atom. The zero-order chi connectivity index (χ0) is 18.3. The Kier molecular flexibility index (Phi) is 4.75. The molecule has 0 saturated carbocycles. The maximum absolute atomic E-state index is 11.3. The van der Waals surface area contributed by atoms with Gasteiger partial charge in [-0.1, -0.05) is 0 Å². The van der Waals surface area contributed by atoms with Gasteiger partial charge in [0.05, 0.1) is 4.92 Å². The van der Waals surface area contributed by atoms with E-state index in [1.165, 1.54) is 13.1 Å². The fourth-order valence-corrected chi connectivity index (χ4v) is 4.56. The molecule has 0 radical (unpaired) electrons. The zero-order valence-electron chi connectivity index (χ0n) is 15.7. The van der Waals surface area contributed by atoms with Gasteiger partial charge in [-0.25, -0.2) is 0 Å². The van der Waals surface area contributed by atoms with E-state index in [-0.39, 0.29) is 16.7 Å². The molecule has 3 heterocycles. The molecule has 1 atom stereocenters. The molecular weight excluding hydrogens is 332 g/mol. The molecule has 1 unspecified atom stereocenters. The third kappa shape index (κ3) is 3.25. The molecule has 0 spiro atoms. The number of nitrogens with zero attached hydrogens (tertiary/aromatic N) is 4. The first-order chi connectivity index (χ1) is 12.5. The van der Waals surface area contributed by atoms with Crippen LogP contribution in [0.25, 0.3) is 0 Å². The number of anilines is 1. The van der Waals surface area contributed by atoms with Gasteiger partial charge in [0.1, 0.15) is 6.10 Å². The second kappa shape index (κ2) is 7.04. The van der Waals surface area contributed by atoms with Crippen molar-refractivity contribution >= 4 is 11.4 Å². The van der Waals surface area contributed by atoms with Crippen molar-refractivity contribution < 1.29 is 9.66 Å². The Balaban J connectivity index is 1.47. The summed E-state index contributed by atoms with van der Waals surface area (Å²) in [6.07, 6.45) is 3.08. The molecule has 1 aromatic rings. The molecular formula is C19H28N4O3. The summed E-state index contributed by atoms with van der Waals surface area (Å²) >= 11 is 0. The lowest BCUT2D eigenvalue weighted by atomic mass is 9.99. The molecule has 142 valence electrons. The number of benzene rings is 1. The largest absolute Gasteiger partial charge is 0.483 e. The Bertz CT molecular complexity index is 680. The van der Waals surface area contributed by atoms with E-state index in [4.69, 9.17) is 4.74 Å². The molecule has 3 aliphatic heterocycles. The van der Waals surface area contributed by atoms with Crippen molar-refractivity contribution in [1.82, 2.24) is 9.80 Å². The fraction of sp³-hybridized carbons (Fsp3) is 0.684. The van der Waals surface area contributed by atoms with Crippen LogP contribution in [-0.2, 0) is 6.42 Å². The highest BCUT2D eigenvalue weighted by Gasteiger charge is 2.33. The van der Waals surface area contributed by atoms with E-state index in [9.17, 15) is 10.1 Å². The quantitative estimate of drug-likeness (QED) is 0.608. The van der Waals surface area contributed by atoms with Crippen LogP contribution in [0.4, 0.5) is 11.4 Å². The van der Waals surface area contributed by atoms with Gasteiger partial charge in [0, 0.05) is 69.0 Å². The molecule has 4 rings (SSSR count). The molecule has 2 saturated heterocycles. The smallest absolute Gasteiger partial charge is 0.311 e. The molecule has 2 fully saturated rings. The maximum atomic E-state index is 11.3. The van der Waals surface area contributed by atoms with E-state index in [1.807, 2.05) is 13.0 Å². The number of piperidine rings is 1. The van der Waals surface area contributed by atoms with Gasteiger partial charge in [-0.3, -0.25) is 15.0 Å². The van der Waals surface area contributed by atoms with Gasteiger partial charge in [0.25, 0.3) is 0 Å². The van der Waals surface area contributed by atoms with E-state index in [0.29, 0.717) is 11.8 Å². The molecule has 0 amide bonds. The monoisotopic (exact) mass is 360 g/mol. The molecule has 0 N–H and O–H groups in total. The van der Waals surface area contributed by atoms with Gasteiger partial charge in [0.2, 0.25) is 5.75 Å². The summed E-state index contributed by atoms with van der Waals surface area (Å²) in [7, 11) is 2.19. The lowest BCUT2D eigenvalue weighted by molar-refractivity contribution is -0.385. The van der Waals surface area contributed by atoms with Gasteiger partial charge < -0.3 is 14.5 Å². The molecule has 7 nitrogen and oxygen atoms in total. The number of nitro groups is 1. The Morgan fingerprint density at radius 2 is 1.81 bits per heavy atom. The predicted molar refractivity (Wildman–Crippen MR) is 101 cm³/mol. The highest BCUT2D eigenvalue weighted by molar-refractivity contribution is 5.68. The topological polar surface area (TPSA) is 62.1 Å². The van der Waals surface area contributed by atoms with Crippen LogP contribution in [0.1, 0.15) is 25.3 Å². The minimum atomic E-state index is -0.333. The second-order valence-electron chi connectivity index (χ2n) is 7.86. The van der Waals surface area contributed by atoms with Crippen molar-refractivity contribution in [3.8, 4) is 5.75 Å². The summed E-state index contributed by atoms with van der Waals surface area (Å²) in [5.74, 6) is 0.487. The summed E-state index contributed by atoms with van der Waals surface area (Å²) in [4.78, 5) is 18.4. The van der Waals surface area contributed by atoms with E-state index < -0.39 is 0 Å². The normalized spacial score (nSPS) is 25.2. The molecule has 26 heavy (non-hydrogen) atoms. The van der Waals surface area contributed by atoms with Gasteiger partial charge in [-0.2, -0.15) is 0 Å². The van der Waals surface area contributed by atoms with Crippen molar-refractivity contribution in [1.29, 1.82) is 0 Å². The molecule has 3 aliphatic rings. The van der Waals surface area contributed by atoms with Crippen LogP contribution in [-0.4, -0.2) is 73.2 Å². The lowest BCUT2D eigenvalue weighted by Crippen LogP contribution is -2.52. The van der Waals surface area contributed by atoms with Crippen LogP contribution in [0.3, 0.4) is 0 Å². The first-order valence-corrected chi connectivity index (χ1v) is 9.67. The number of likely N-dealkylation sites (N-methyl/N-ethyl adjacent to an activating group) is 1. The third-order valence-corrected chi connectivity index (χ3v) is 6.08. The van der Waals surface area contributed by atoms with Gasteiger partial charge >= 0.3 is 5.69 Å². The van der Waals surface area contributed by atoms with E-state index in [2.05, 4.69) is 21.7 Å². The summed E-state index contributed by atoms with van der Waals surface area (Å²) < 4.78 is 5.78. The number of hydrogen-bond donors (Lipinski definition) is 0. The van der Waals surface area contributed by atoms with Gasteiger partial charge in [-0.15, -0.1) is 0 Å². The number of fused-ring (bicyclic) bond motifs is 1. The minimum Gasteiger partial charge on any atom is -0.483 e. The molecule has 0 bridgehead atoms. The van der Waals surface area contributed by atoms with Crippen LogP contribution >= 0.6 is 0 Å². The Labute approximate surface area is 154 Å². The highest BCUT2D eigenvalue weighted by atomic mass is 16.6. The maximum Gasteiger partial charge on any atom is 0.311 e. The SMILES string of the molecule is CC1Cc2c(N3CCC(N4CCN(C)CC4)CC3)ccc([N+](=O)[O-])c2O1.